The Balaban J connectivity index is 2.84. The lowest BCUT2D eigenvalue weighted by Crippen LogP contribution is -2.06. The molecule has 2 aromatic rings. The molecule has 0 aromatic heterocycles. The summed E-state index contributed by atoms with van der Waals surface area (Å²) in [6.07, 6.45) is 0. The molecule has 0 saturated heterocycles. The number of ether oxygens (including phenoxy) is 3. The summed E-state index contributed by atoms with van der Waals surface area (Å²) in [5, 5.41) is 1.35. The molecule has 0 fully saturated rings. The van der Waals surface area contributed by atoms with Crippen molar-refractivity contribution in [3.63, 3.8) is 0 Å². The molecule has 2 rings (SSSR count). The van der Waals surface area contributed by atoms with Gasteiger partial charge in [0, 0.05) is 30.7 Å². The van der Waals surface area contributed by atoms with Crippen molar-refractivity contribution < 1.29 is 23.8 Å². The van der Waals surface area contributed by atoms with E-state index < -0.39 is 11.9 Å². The number of hydrogen-bond donors (Lipinski definition) is 0. The molecule has 0 aliphatic heterocycles. The molecule has 22 heavy (non-hydrogen) atoms. The third kappa shape index (κ3) is 3.03. The van der Waals surface area contributed by atoms with Crippen LogP contribution in [0.4, 0.5) is 0 Å². The molecule has 0 unspecified atom stereocenters. The van der Waals surface area contributed by atoms with Gasteiger partial charge in [0.05, 0.1) is 7.11 Å². The molecule has 0 bridgehead atoms. The first-order valence-corrected chi connectivity index (χ1v) is 6.82. The van der Waals surface area contributed by atoms with E-state index in [0.29, 0.717) is 28.0 Å². The summed E-state index contributed by atoms with van der Waals surface area (Å²) in [5.74, 6) is 0.157. The minimum Gasteiger partial charge on any atom is -0.493 e. The molecule has 0 aliphatic carbocycles. The molecule has 0 saturated carbocycles. The molecule has 116 valence electrons. The molecule has 0 amide bonds. The van der Waals surface area contributed by atoms with Crippen LogP contribution in [0.1, 0.15) is 25.0 Å². The van der Waals surface area contributed by atoms with Crippen molar-refractivity contribution in [3.05, 3.63) is 29.3 Å². The largest absolute Gasteiger partial charge is 0.493 e. The number of esters is 2. The highest BCUT2D eigenvalue weighted by Gasteiger charge is 2.18. The van der Waals surface area contributed by atoms with Crippen LogP contribution in [-0.4, -0.2) is 19.0 Å². The molecular formula is C17H18O5. The van der Waals surface area contributed by atoms with E-state index in [1.165, 1.54) is 21.0 Å². The predicted molar refractivity (Wildman–Crippen MR) is 82.6 cm³/mol. The van der Waals surface area contributed by atoms with Crippen LogP contribution in [0.25, 0.3) is 10.8 Å². The van der Waals surface area contributed by atoms with E-state index in [4.69, 9.17) is 14.2 Å². The predicted octanol–water partition coefficient (Wildman–Crippen LogP) is 3.32. The van der Waals surface area contributed by atoms with Crippen LogP contribution in [0.15, 0.2) is 18.2 Å². The lowest BCUT2D eigenvalue weighted by atomic mass is 10.0. The third-order valence-corrected chi connectivity index (χ3v) is 3.35. The van der Waals surface area contributed by atoms with Crippen molar-refractivity contribution in [1.82, 2.24) is 0 Å². The first kappa shape index (κ1) is 15.8. The van der Waals surface area contributed by atoms with Gasteiger partial charge in [-0.15, -0.1) is 0 Å². The number of benzene rings is 2. The lowest BCUT2D eigenvalue weighted by Gasteiger charge is -2.16. The number of rotatable bonds is 3. The first-order chi connectivity index (χ1) is 10.3. The lowest BCUT2D eigenvalue weighted by molar-refractivity contribution is -0.133. The van der Waals surface area contributed by atoms with E-state index in [9.17, 15) is 9.59 Å². The minimum atomic E-state index is -0.446. The molecule has 0 N–H and O–H groups in total. The Kier molecular flexibility index (Phi) is 4.35. The Morgan fingerprint density at radius 1 is 0.818 bits per heavy atom. The second-order valence-corrected chi connectivity index (χ2v) is 5.08. The van der Waals surface area contributed by atoms with E-state index in [-0.39, 0.29) is 0 Å². The fourth-order valence-corrected chi connectivity index (χ4v) is 2.24. The maximum absolute atomic E-state index is 11.4. The van der Waals surface area contributed by atoms with Crippen LogP contribution in [0, 0.1) is 13.8 Å². The Bertz CT molecular complexity index is 761. The zero-order valence-electron chi connectivity index (χ0n) is 13.3. The standard InChI is InChI=1S/C17H18O5/c1-9-6-13-14(7-10(9)2)17(22-12(4)19)16(20-5)8-15(13)21-11(3)18/h6-8H,1-5H3. The summed E-state index contributed by atoms with van der Waals surface area (Å²) in [4.78, 5) is 22.7. The summed E-state index contributed by atoms with van der Waals surface area (Å²) in [5.41, 5.74) is 2.07. The fourth-order valence-electron chi connectivity index (χ4n) is 2.24. The molecule has 0 spiro atoms. The average molecular weight is 302 g/mol. The number of fused-ring (bicyclic) bond motifs is 1. The molecule has 5 heteroatoms. The van der Waals surface area contributed by atoms with Gasteiger partial charge < -0.3 is 14.2 Å². The van der Waals surface area contributed by atoms with Gasteiger partial charge in [-0.3, -0.25) is 9.59 Å². The van der Waals surface area contributed by atoms with E-state index in [0.717, 1.165) is 11.1 Å². The number of aryl methyl sites for hydroxylation is 2. The van der Waals surface area contributed by atoms with Crippen LogP contribution >= 0.6 is 0 Å². The number of carbonyl (C=O) groups excluding carboxylic acids is 2. The third-order valence-electron chi connectivity index (χ3n) is 3.35. The molecule has 5 nitrogen and oxygen atoms in total. The van der Waals surface area contributed by atoms with E-state index in [1.54, 1.807) is 6.07 Å². The second kappa shape index (κ2) is 6.05. The number of hydrogen-bond acceptors (Lipinski definition) is 5. The highest BCUT2D eigenvalue weighted by atomic mass is 16.6. The quantitative estimate of drug-likeness (QED) is 0.643. The van der Waals surface area contributed by atoms with E-state index in [2.05, 4.69) is 0 Å². The van der Waals surface area contributed by atoms with Crippen LogP contribution in [0.5, 0.6) is 17.2 Å². The Hall–Kier alpha value is -2.56. The maximum atomic E-state index is 11.4. The Morgan fingerprint density at radius 3 is 1.86 bits per heavy atom. The van der Waals surface area contributed by atoms with Gasteiger partial charge in [0.1, 0.15) is 5.75 Å². The van der Waals surface area contributed by atoms with Gasteiger partial charge in [0.25, 0.3) is 0 Å². The average Bonchev–Trinajstić information content (AvgIpc) is 2.42. The molecular weight excluding hydrogens is 284 g/mol. The number of methoxy groups -OCH3 is 1. The van der Waals surface area contributed by atoms with Crippen molar-refractivity contribution in [2.45, 2.75) is 27.7 Å². The topological polar surface area (TPSA) is 61.8 Å². The van der Waals surface area contributed by atoms with Gasteiger partial charge in [0.2, 0.25) is 0 Å². The van der Waals surface area contributed by atoms with E-state index >= 15 is 0 Å². The normalized spacial score (nSPS) is 10.4. The molecule has 0 radical (unpaired) electrons. The summed E-state index contributed by atoms with van der Waals surface area (Å²) < 4.78 is 15.8. The zero-order chi connectivity index (χ0) is 16.4. The molecule has 0 aliphatic rings. The summed E-state index contributed by atoms with van der Waals surface area (Å²) in [7, 11) is 1.47. The molecule has 0 atom stereocenters. The molecule has 0 heterocycles. The van der Waals surface area contributed by atoms with Gasteiger partial charge in [-0.1, -0.05) is 0 Å². The second-order valence-electron chi connectivity index (χ2n) is 5.08. The van der Waals surface area contributed by atoms with E-state index in [1.807, 2.05) is 26.0 Å². The zero-order valence-corrected chi connectivity index (χ0v) is 13.3. The smallest absolute Gasteiger partial charge is 0.308 e. The fraction of sp³-hybridized carbons (Fsp3) is 0.294. The summed E-state index contributed by atoms with van der Waals surface area (Å²) >= 11 is 0. The van der Waals surface area contributed by atoms with Crippen molar-refractivity contribution in [1.29, 1.82) is 0 Å². The van der Waals surface area contributed by atoms with Crippen LogP contribution < -0.4 is 14.2 Å². The van der Waals surface area contributed by atoms with Crippen LogP contribution in [-0.2, 0) is 9.59 Å². The summed E-state index contributed by atoms with van der Waals surface area (Å²) in [6.45, 7) is 6.57. The molecule has 2 aromatic carbocycles. The van der Waals surface area contributed by atoms with Gasteiger partial charge in [-0.25, -0.2) is 0 Å². The highest BCUT2D eigenvalue weighted by Crippen LogP contribution is 2.42. The van der Waals surface area contributed by atoms with Crippen LogP contribution in [0.3, 0.4) is 0 Å². The van der Waals surface area contributed by atoms with Gasteiger partial charge in [-0.05, 0) is 37.1 Å². The van der Waals surface area contributed by atoms with Crippen molar-refractivity contribution in [3.8, 4) is 17.2 Å². The number of carbonyl (C=O) groups is 2. The Morgan fingerprint density at radius 2 is 1.36 bits per heavy atom. The Labute approximate surface area is 128 Å². The van der Waals surface area contributed by atoms with Crippen molar-refractivity contribution in [2.75, 3.05) is 7.11 Å². The first-order valence-electron chi connectivity index (χ1n) is 6.82. The minimum absolute atomic E-state index is 0.323. The summed E-state index contributed by atoms with van der Waals surface area (Å²) in [6, 6.07) is 5.34. The highest BCUT2D eigenvalue weighted by molar-refractivity contribution is 5.99. The van der Waals surface area contributed by atoms with Crippen LogP contribution in [0.2, 0.25) is 0 Å². The van der Waals surface area contributed by atoms with Gasteiger partial charge >= 0.3 is 11.9 Å². The maximum Gasteiger partial charge on any atom is 0.308 e. The van der Waals surface area contributed by atoms with Gasteiger partial charge in [-0.2, -0.15) is 0 Å². The SMILES string of the molecule is COc1cc(OC(C)=O)c2cc(C)c(C)cc2c1OC(C)=O. The van der Waals surface area contributed by atoms with Crippen molar-refractivity contribution >= 4 is 22.7 Å². The van der Waals surface area contributed by atoms with Gasteiger partial charge in [0.15, 0.2) is 11.5 Å². The van der Waals surface area contributed by atoms with Crippen molar-refractivity contribution in [2.24, 2.45) is 0 Å². The monoisotopic (exact) mass is 302 g/mol.